The molecule has 1 heterocycles. The number of imidazole rings is 1. The van der Waals surface area contributed by atoms with Crippen molar-refractivity contribution in [3.05, 3.63) is 72.6 Å². The second kappa shape index (κ2) is 7.84. The van der Waals surface area contributed by atoms with Gasteiger partial charge in [0.15, 0.2) is 0 Å². The zero-order valence-electron chi connectivity index (χ0n) is 14.5. The third kappa shape index (κ3) is 4.31. The van der Waals surface area contributed by atoms with Crippen molar-refractivity contribution in [2.24, 2.45) is 0 Å². The lowest BCUT2D eigenvalue weighted by Crippen LogP contribution is -2.26. The van der Waals surface area contributed by atoms with Gasteiger partial charge in [0.2, 0.25) is 5.82 Å². The summed E-state index contributed by atoms with van der Waals surface area (Å²) in [7, 11) is 0. The summed E-state index contributed by atoms with van der Waals surface area (Å²) in [5.41, 5.74) is 1.44. The van der Waals surface area contributed by atoms with E-state index in [4.69, 9.17) is 4.74 Å². The summed E-state index contributed by atoms with van der Waals surface area (Å²) in [6.45, 7) is 3.26. The summed E-state index contributed by atoms with van der Waals surface area (Å²) in [4.78, 5) is 3.67. The van der Waals surface area contributed by atoms with Crippen LogP contribution >= 0.6 is 0 Å². The fourth-order valence-corrected chi connectivity index (χ4v) is 2.89. The molecule has 4 nitrogen and oxygen atoms in total. The van der Waals surface area contributed by atoms with E-state index >= 15 is 0 Å². The van der Waals surface area contributed by atoms with Gasteiger partial charge in [-0.3, -0.25) is 0 Å². The number of aliphatic hydroxyl groups is 1. The van der Waals surface area contributed by atoms with Gasteiger partial charge in [0.1, 0.15) is 18.5 Å². The van der Waals surface area contributed by atoms with Gasteiger partial charge >= 0.3 is 6.18 Å². The lowest BCUT2D eigenvalue weighted by Gasteiger charge is -2.17. The Balaban J connectivity index is 1.78. The van der Waals surface area contributed by atoms with Crippen molar-refractivity contribution in [2.75, 3.05) is 6.61 Å². The van der Waals surface area contributed by atoms with Crippen molar-refractivity contribution < 1.29 is 23.0 Å². The predicted molar refractivity (Wildman–Crippen MR) is 96.6 cm³/mol. The van der Waals surface area contributed by atoms with Crippen molar-refractivity contribution in [2.45, 2.75) is 25.2 Å². The maximum atomic E-state index is 13.3. The molecule has 27 heavy (non-hydrogen) atoms. The van der Waals surface area contributed by atoms with Crippen LogP contribution in [0.4, 0.5) is 13.2 Å². The second-order valence-electron chi connectivity index (χ2n) is 6.10. The Hall–Kier alpha value is -2.80. The molecule has 0 saturated heterocycles. The molecule has 3 rings (SSSR count). The van der Waals surface area contributed by atoms with Crippen LogP contribution in [-0.4, -0.2) is 27.4 Å². The Morgan fingerprint density at radius 1 is 1.15 bits per heavy atom. The first-order chi connectivity index (χ1) is 12.9. The number of benzene rings is 2. The SMILES string of the molecule is C=CCc1ccccc1OCC(O)Cn1c(C(F)(F)F)nc2ccccc21. The average molecular weight is 376 g/mol. The van der Waals surface area contributed by atoms with Gasteiger partial charge in [0, 0.05) is 0 Å². The van der Waals surface area contributed by atoms with Crippen LogP contribution in [0.15, 0.2) is 61.2 Å². The minimum atomic E-state index is -4.61. The molecule has 0 aliphatic rings. The molecule has 1 atom stereocenters. The Morgan fingerprint density at radius 2 is 1.85 bits per heavy atom. The number of aliphatic hydroxyl groups excluding tert-OH is 1. The highest BCUT2D eigenvalue weighted by Gasteiger charge is 2.37. The van der Waals surface area contributed by atoms with E-state index in [1.54, 1.807) is 36.4 Å². The molecule has 7 heteroatoms. The van der Waals surface area contributed by atoms with Crippen molar-refractivity contribution >= 4 is 11.0 Å². The molecule has 0 bridgehead atoms. The van der Waals surface area contributed by atoms with Gasteiger partial charge in [0.25, 0.3) is 0 Å². The van der Waals surface area contributed by atoms with Gasteiger partial charge in [-0.2, -0.15) is 13.2 Å². The topological polar surface area (TPSA) is 47.3 Å². The monoisotopic (exact) mass is 376 g/mol. The maximum Gasteiger partial charge on any atom is 0.449 e. The number of ether oxygens (including phenoxy) is 1. The third-order valence-corrected chi connectivity index (χ3v) is 4.07. The molecule has 0 aliphatic carbocycles. The molecule has 0 spiro atoms. The van der Waals surface area contributed by atoms with E-state index in [9.17, 15) is 18.3 Å². The summed E-state index contributed by atoms with van der Waals surface area (Å²) in [6, 6.07) is 13.6. The van der Waals surface area contributed by atoms with Crippen LogP contribution in [0.2, 0.25) is 0 Å². The molecule has 142 valence electrons. The number of hydrogen-bond donors (Lipinski definition) is 1. The molecule has 0 amide bonds. The molecule has 1 aromatic heterocycles. The molecule has 0 aliphatic heterocycles. The lowest BCUT2D eigenvalue weighted by molar-refractivity contribution is -0.147. The summed E-state index contributed by atoms with van der Waals surface area (Å²) in [6.07, 6.45) is -3.43. The molecule has 3 aromatic rings. The molecule has 1 N–H and O–H groups in total. The zero-order chi connectivity index (χ0) is 19.4. The van der Waals surface area contributed by atoms with E-state index in [0.29, 0.717) is 17.7 Å². The molecule has 2 aromatic carbocycles. The second-order valence-corrected chi connectivity index (χ2v) is 6.10. The first kappa shape index (κ1) is 19.0. The summed E-state index contributed by atoms with van der Waals surface area (Å²) in [5, 5.41) is 10.3. The standard InChI is InChI=1S/C20H19F3N2O2/c1-2-7-14-8-3-6-11-18(14)27-13-15(26)12-25-17-10-5-4-9-16(17)24-19(25)20(21,22)23/h2-6,8-11,15,26H,1,7,12-13H2. The highest BCUT2D eigenvalue weighted by Crippen LogP contribution is 2.31. The number of fused-ring (bicyclic) bond motifs is 1. The van der Waals surface area contributed by atoms with Crippen molar-refractivity contribution in [1.82, 2.24) is 9.55 Å². The quantitative estimate of drug-likeness (QED) is 0.628. The number of alkyl halides is 3. The summed E-state index contributed by atoms with van der Waals surface area (Å²) in [5.74, 6) is -0.460. The fraction of sp³-hybridized carbons (Fsp3) is 0.250. The Labute approximate surface area is 154 Å². The van der Waals surface area contributed by atoms with Crippen LogP contribution in [0.5, 0.6) is 5.75 Å². The van der Waals surface area contributed by atoms with Crippen LogP contribution < -0.4 is 4.74 Å². The molecular weight excluding hydrogens is 357 g/mol. The van der Waals surface area contributed by atoms with Gasteiger partial charge in [-0.25, -0.2) is 4.98 Å². The van der Waals surface area contributed by atoms with E-state index in [-0.39, 0.29) is 18.7 Å². The number of para-hydroxylation sites is 3. The first-order valence-electron chi connectivity index (χ1n) is 8.42. The maximum absolute atomic E-state index is 13.3. The van der Waals surface area contributed by atoms with Crippen molar-refractivity contribution in [3.63, 3.8) is 0 Å². The van der Waals surface area contributed by atoms with Crippen LogP contribution in [-0.2, 0) is 19.1 Å². The smallest absolute Gasteiger partial charge is 0.449 e. The molecule has 0 fully saturated rings. The van der Waals surface area contributed by atoms with Crippen LogP contribution in [0, 0.1) is 0 Å². The van der Waals surface area contributed by atoms with Gasteiger partial charge < -0.3 is 14.4 Å². The molecular formula is C20H19F3N2O2. The Kier molecular flexibility index (Phi) is 5.51. The number of halogens is 3. The number of aromatic nitrogens is 2. The minimum absolute atomic E-state index is 0.141. The predicted octanol–water partition coefficient (Wildman–Crippen LogP) is 4.22. The van der Waals surface area contributed by atoms with Crippen molar-refractivity contribution in [1.29, 1.82) is 0 Å². The number of rotatable bonds is 7. The number of nitrogens with zero attached hydrogens (tertiary/aromatic N) is 2. The Bertz CT molecular complexity index is 934. The van der Waals surface area contributed by atoms with E-state index in [1.807, 2.05) is 12.1 Å². The van der Waals surface area contributed by atoms with Gasteiger partial charge in [-0.05, 0) is 30.2 Å². The molecule has 0 radical (unpaired) electrons. The lowest BCUT2D eigenvalue weighted by atomic mass is 10.1. The number of hydrogen-bond acceptors (Lipinski definition) is 3. The van der Waals surface area contributed by atoms with Crippen LogP contribution in [0.3, 0.4) is 0 Å². The normalized spacial score (nSPS) is 12.9. The van der Waals surface area contributed by atoms with Gasteiger partial charge in [-0.1, -0.05) is 36.4 Å². The summed E-state index contributed by atoms with van der Waals surface area (Å²) < 4.78 is 46.6. The zero-order valence-corrected chi connectivity index (χ0v) is 14.5. The largest absolute Gasteiger partial charge is 0.491 e. The average Bonchev–Trinajstić information content (AvgIpc) is 3.00. The molecule has 0 saturated carbocycles. The van der Waals surface area contributed by atoms with Crippen molar-refractivity contribution in [3.8, 4) is 5.75 Å². The first-order valence-corrected chi connectivity index (χ1v) is 8.42. The highest BCUT2D eigenvalue weighted by atomic mass is 19.4. The minimum Gasteiger partial charge on any atom is -0.491 e. The van der Waals surface area contributed by atoms with E-state index in [2.05, 4.69) is 11.6 Å². The Morgan fingerprint density at radius 3 is 2.59 bits per heavy atom. The number of allylic oxidation sites excluding steroid dienone is 1. The van der Waals surface area contributed by atoms with Gasteiger partial charge in [-0.15, -0.1) is 6.58 Å². The fourth-order valence-electron chi connectivity index (χ4n) is 2.89. The van der Waals surface area contributed by atoms with Crippen LogP contribution in [0.25, 0.3) is 11.0 Å². The third-order valence-electron chi connectivity index (χ3n) is 4.07. The molecule has 1 unspecified atom stereocenters. The summed E-state index contributed by atoms with van der Waals surface area (Å²) >= 11 is 0. The highest BCUT2D eigenvalue weighted by molar-refractivity contribution is 5.76. The van der Waals surface area contributed by atoms with E-state index < -0.39 is 18.1 Å². The van der Waals surface area contributed by atoms with Gasteiger partial charge in [0.05, 0.1) is 17.6 Å². The van der Waals surface area contributed by atoms with E-state index in [1.165, 1.54) is 6.07 Å². The van der Waals surface area contributed by atoms with E-state index in [0.717, 1.165) is 10.1 Å². The van der Waals surface area contributed by atoms with Crippen LogP contribution in [0.1, 0.15) is 11.4 Å².